The lowest BCUT2D eigenvalue weighted by Gasteiger charge is -2.07. The molecule has 0 saturated heterocycles. The second kappa shape index (κ2) is 6.54. The van der Waals surface area contributed by atoms with Crippen LogP contribution >= 0.6 is 0 Å². The Morgan fingerprint density at radius 1 is 1.11 bits per heavy atom. The van der Waals surface area contributed by atoms with Crippen LogP contribution in [0.3, 0.4) is 0 Å². The predicted octanol–water partition coefficient (Wildman–Crippen LogP) is 2.44. The summed E-state index contributed by atoms with van der Waals surface area (Å²) >= 11 is 0. The van der Waals surface area contributed by atoms with E-state index in [1.165, 1.54) is 0 Å². The Labute approximate surface area is 112 Å². The monoisotopic (exact) mass is 255 g/mol. The van der Waals surface area contributed by atoms with Gasteiger partial charge in [0.1, 0.15) is 0 Å². The van der Waals surface area contributed by atoms with Crippen molar-refractivity contribution in [2.75, 3.05) is 11.9 Å². The Balaban J connectivity index is 1.92. The fraction of sp³-hybridized carbons (Fsp3) is 0.200. The molecule has 2 N–H and O–H groups in total. The minimum atomic E-state index is -0.0696. The molecule has 0 saturated carbocycles. The number of amides is 1. The van der Waals surface area contributed by atoms with E-state index < -0.39 is 0 Å². The van der Waals surface area contributed by atoms with Crippen molar-refractivity contribution in [1.29, 1.82) is 0 Å². The maximum atomic E-state index is 11.9. The highest BCUT2D eigenvalue weighted by Gasteiger charge is 2.04. The van der Waals surface area contributed by atoms with E-state index in [0.717, 1.165) is 17.8 Å². The summed E-state index contributed by atoms with van der Waals surface area (Å²) in [6.07, 6.45) is 3.43. The molecule has 0 fully saturated rings. The predicted molar refractivity (Wildman–Crippen MR) is 76.0 cm³/mol. The largest absolute Gasteiger partial charge is 0.385 e. The van der Waals surface area contributed by atoms with Crippen LogP contribution in [0.25, 0.3) is 0 Å². The summed E-state index contributed by atoms with van der Waals surface area (Å²) in [4.78, 5) is 15.9. The molecule has 4 heteroatoms. The van der Waals surface area contributed by atoms with Gasteiger partial charge in [0.2, 0.25) is 0 Å². The van der Waals surface area contributed by atoms with Gasteiger partial charge in [-0.05, 0) is 48.9 Å². The number of anilines is 1. The highest BCUT2D eigenvalue weighted by atomic mass is 16.1. The van der Waals surface area contributed by atoms with Gasteiger partial charge in [-0.25, -0.2) is 0 Å². The third-order valence-corrected chi connectivity index (χ3v) is 2.73. The van der Waals surface area contributed by atoms with Crippen molar-refractivity contribution in [1.82, 2.24) is 10.3 Å². The molecule has 98 valence electrons. The topological polar surface area (TPSA) is 54.0 Å². The van der Waals surface area contributed by atoms with Gasteiger partial charge in [-0.1, -0.05) is 0 Å². The molecule has 2 aromatic rings. The molecule has 2 rings (SSSR count). The maximum absolute atomic E-state index is 11.9. The summed E-state index contributed by atoms with van der Waals surface area (Å²) in [7, 11) is 0. The van der Waals surface area contributed by atoms with Crippen molar-refractivity contribution in [3.63, 3.8) is 0 Å². The molecule has 0 bridgehead atoms. The minimum absolute atomic E-state index is 0.0696. The summed E-state index contributed by atoms with van der Waals surface area (Å²) < 4.78 is 0. The molecule has 0 aliphatic carbocycles. The molecule has 0 aliphatic heterocycles. The number of benzene rings is 1. The third kappa shape index (κ3) is 3.81. The number of rotatable bonds is 5. The molecule has 0 spiro atoms. The third-order valence-electron chi connectivity index (χ3n) is 2.73. The molecule has 1 aromatic heterocycles. The molecule has 1 heterocycles. The van der Waals surface area contributed by atoms with Crippen molar-refractivity contribution in [3.05, 3.63) is 59.9 Å². The van der Waals surface area contributed by atoms with Crippen LogP contribution in [0.5, 0.6) is 0 Å². The van der Waals surface area contributed by atoms with Gasteiger partial charge in [0.05, 0.1) is 0 Å². The summed E-state index contributed by atoms with van der Waals surface area (Å²) in [6.45, 7) is 3.42. The van der Waals surface area contributed by atoms with Gasteiger partial charge in [0.15, 0.2) is 0 Å². The number of nitrogens with zero attached hydrogens (tertiary/aromatic N) is 1. The van der Waals surface area contributed by atoms with Gasteiger partial charge in [-0.3, -0.25) is 9.78 Å². The van der Waals surface area contributed by atoms with Gasteiger partial charge >= 0.3 is 0 Å². The van der Waals surface area contributed by atoms with Crippen molar-refractivity contribution < 1.29 is 4.79 Å². The number of carbonyl (C=O) groups is 1. The first kappa shape index (κ1) is 13.1. The lowest BCUT2D eigenvalue weighted by molar-refractivity contribution is 0.0951. The Morgan fingerprint density at radius 2 is 1.79 bits per heavy atom. The van der Waals surface area contributed by atoms with Crippen LogP contribution in [0, 0.1) is 0 Å². The van der Waals surface area contributed by atoms with Crippen LogP contribution < -0.4 is 10.6 Å². The molecule has 1 aromatic carbocycles. The number of hydrogen-bond donors (Lipinski definition) is 2. The van der Waals surface area contributed by atoms with Crippen molar-refractivity contribution in [3.8, 4) is 0 Å². The number of nitrogens with one attached hydrogen (secondary N) is 2. The van der Waals surface area contributed by atoms with E-state index in [1.807, 2.05) is 43.3 Å². The molecule has 0 atom stereocenters. The van der Waals surface area contributed by atoms with E-state index in [1.54, 1.807) is 12.4 Å². The number of carbonyl (C=O) groups excluding carboxylic acids is 1. The summed E-state index contributed by atoms with van der Waals surface area (Å²) in [5.74, 6) is -0.0696. The van der Waals surface area contributed by atoms with Gasteiger partial charge in [-0.2, -0.15) is 0 Å². The average molecular weight is 255 g/mol. The maximum Gasteiger partial charge on any atom is 0.251 e. The van der Waals surface area contributed by atoms with Gasteiger partial charge in [0, 0.05) is 36.7 Å². The molecular formula is C15H17N3O. The van der Waals surface area contributed by atoms with E-state index in [4.69, 9.17) is 0 Å². The van der Waals surface area contributed by atoms with Crippen LogP contribution in [0.4, 0.5) is 5.69 Å². The molecular weight excluding hydrogens is 238 g/mol. The zero-order valence-corrected chi connectivity index (χ0v) is 10.9. The number of pyridine rings is 1. The second-order valence-corrected chi connectivity index (χ2v) is 4.15. The van der Waals surface area contributed by atoms with Crippen LogP contribution in [0.2, 0.25) is 0 Å². The van der Waals surface area contributed by atoms with Crippen LogP contribution in [-0.2, 0) is 6.54 Å². The van der Waals surface area contributed by atoms with E-state index in [0.29, 0.717) is 12.1 Å². The molecule has 1 amide bonds. The fourth-order valence-corrected chi connectivity index (χ4v) is 1.73. The van der Waals surface area contributed by atoms with Crippen LogP contribution in [0.15, 0.2) is 48.8 Å². The molecule has 0 unspecified atom stereocenters. The lowest BCUT2D eigenvalue weighted by Crippen LogP contribution is -2.22. The van der Waals surface area contributed by atoms with Crippen molar-refractivity contribution in [2.45, 2.75) is 13.5 Å². The Bertz CT molecular complexity index is 523. The summed E-state index contributed by atoms with van der Waals surface area (Å²) in [6, 6.07) is 11.2. The van der Waals surface area contributed by atoms with Gasteiger partial charge in [-0.15, -0.1) is 0 Å². The zero-order valence-electron chi connectivity index (χ0n) is 10.9. The van der Waals surface area contributed by atoms with E-state index in [9.17, 15) is 4.79 Å². The van der Waals surface area contributed by atoms with Crippen LogP contribution in [-0.4, -0.2) is 17.4 Å². The Morgan fingerprint density at radius 3 is 2.42 bits per heavy atom. The molecule has 0 radical (unpaired) electrons. The summed E-state index contributed by atoms with van der Waals surface area (Å²) in [5.41, 5.74) is 2.72. The lowest BCUT2D eigenvalue weighted by atomic mass is 10.2. The SMILES string of the molecule is CCNc1ccc(C(=O)NCc2ccncc2)cc1. The normalized spacial score (nSPS) is 9.95. The Hall–Kier alpha value is -2.36. The first-order valence-corrected chi connectivity index (χ1v) is 6.30. The smallest absolute Gasteiger partial charge is 0.251 e. The van der Waals surface area contributed by atoms with E-state index in [-0.39, 0.29) is 5.91 Å². The highest BCUT2D eigenvalue weighted by molar-refractivity contribution is 5.94. The zero-order chi connectivity index (χ0) is 13.5. The minimum Gasteiger partial charge on any atom is -0.385 e. The summed E-state index contributed by atoms with van der Waals surface area (Å²) in [5, 5.41) is 6.07. The second-order valence-electron chi connectivity index (χ2n) is 4.15. The van der Waals surface area contributed by atoms with Crippen LogP contribution in [0.1, 0.15) is 22.8 Å². The van der Waals surface area contributed by atoms with Crippen molar-refractivity contribution >= 4 is 11.6 Å². The number of hydrogen-bond acceptors (Lipinski definition) is 3. The van der Waals surface area contributed by atoms with E-state index >= 15 is 0 Å². The van der Waals surface area contributed by atoms with Gasteiger partial charge in [0.25, 0.3) is 5.91 Å². The standard InChI is InChI=1S/C15H17N3O/c1-2-17-14-5-3-13(4-6-14)15(19)18-11-12-7-9-16-10-8-12/h3-10,17H,2,11H2,1H3,(H,18,19). The number of aromatic nitrogens is 1. The Kier molecular flexibility index (Phi) is 4.50. The molecule has 0 aliphatic rings. The molecule has 4 nitrogen and oxygen atoms in total. The van der Waals surface area contributed by atoms with Gasteiger partial charge < -0.3 is 10.6 Å². The fourth-order valence-electron chi connectivity index (χ4n) is 1.73. The van der Waals surface area contributed by atoms with Crippen molar-refractivity contribution in [2.24, 2.45) is 0 Å². The van der Waals surface area contributed by atoms with E-state index in [2.05, 4.69) is 15.6 Å². The molecule has 19 heavy (non-hydrogen) atoms. The highest BCUT2D eigenvalue weighted by Crippen LogP contribution is 2.09. The first-order chi connectivity index (χ1) is 9.29. The first-order valence-electron chi connectivity index (χ1n) is 6.30. The average Bonchev–Trinajstić information content (AvgIpc) is 2.47. The quantitative estimate of drug-likeness (QED) is 0.862.